The van der Waals surface area contributed by atoms with E-state index in [1.54, 1.807) is 36.4 Å². The van der Waals surface area contributed by atoms with E-state index in [2.05, 4.69) is 4.98 Å². The van der Waals surface area contributed by atoms with Gasteiger partial charge < -0.3 is 4.74 Å². The fourth-order valence-electron chi connectivity index (χ4n) is 2.29. The molecule has 116 valence electrons. The standard InChI is InChI=1S/C17H13NO4S/c1-22-14-7-8-16-12(10-14)9-13(11-19)17(18-16)23(20,21)15-5-3-2-4-6-15/h2-11H,1H3. The Kier molecular flexibility index (Phi) is 3.83. The maximum absolute atomic E-state index is 12.7. The molecule has 0 unspecified atom stereocenters. The van der Waals surface area contributed by atoms with Gasteiger partial charge in [0.15, 0.2) is 11.3 Å². The first-order chi connectivity index (χ1) is 11.1. The van der Waals surface area contributed by atoms with Gasteiger partial charge in [-0.05, 0) is 36.4 Å². The van der Waals surface area contributed by atoms with Crippen molar-refractivity contribution in [3.63, 3.8) is 0 Å². The third-order valence-corrected chi connectivity index (χ3v) is 5.18. The molecule has 6 heteroatoms. The Hall–Kier alpha value is -2.73. The summed E-state index contributed by atoms with van der Waals surface area (Å²) in [7, 11) is -2.33. The molecule has 1 heterocycles. The van der Waals surface area contributed by atoms with Crippen LogP contribution in [-0.2, 0) is 9.84 Å². The molecule has 0 fully saturated rings. The van der Waals surface area contributed by atoms with Crippen LogP contribution >= 0.6 is 0 Å². The highest BCUT2D eigenvalue weighted by Crippen LogP contribution is 2.26. The number of aldehydes is 1. The van der Waals surface area contributed by atoms with Crippen molar-refractivity contribution < 1.29 is 17.9 Å². The second-order valence-electron chi connectivity index (χ2n) is 4.88. The van der Waals surface area contributed by atoms with Gasteiger partial charge in [0.25, 0.3) is 0 Å². The molecule has 1 aromatic heterocycles. The molecule has 0 saturated heterocycles. The Morgan fingerprint density at radius 1 is 1.04 bits per heavy atom. The number of carbonyl (C=O) groups excluding carboxylic acids is 1. The summed E-state index contributed by atoms with van der Waals surface area (Å²) in [4.78, 5) is 15.7. The van der Waals surface area contributed by atoms with Crippen molar-refractivity contribution in [2.45, 2.75) is 9.92 Å². The van der Waals surface area contributed by atoms with Gasteiger partial charge in [0.1, 0.15) is 5.75 Å². The zero-order chi connectivity index (χ0) is 16.4. The maximum atomic E-state index is 12.7. The largest absolute Gasteiger partial charge is 0.497 e. The van der Waals surface area contributed by atoms with Crippen LogP contribution < -0.4 is 4.74 Å². The molecule has 0 aliphatic rings. The SMILES string of the molecule is COc1ccc2nc(S(=O)(=O)c3ccccc3)c(C=O)cc2c1. The predicted octanol–water partition coefficient (Wildman–Crippen LogP) is 2.89. The van der Waals surface area contributed by atoms with Crippen molar-refractivity contribution in [3.8, 4) is 5.75 Å². The van der Waals surface area contributed by atoms with Gasteiger partial charge in [0.2, 0.25) is 9.84 Å². The number of carbonyl (C=O) groups is 1. The quantitative estimate of drug-likeness (QED) is 0.689. The lowest BCUT2D eigenvalue weighted by molar-refractivity contribution is 0.112. The number of nitrogens with zero attached hydrogens (tertiary/aromatic N) is 1. The first kappa shape index (κ1) is 15.2. The first-order valence-corrected chi connectivity index (χ1v) is 8.28. The second-order valence-corrected chi connectivity index (χ2v) is 6.74. The third kappa shape index (κ3) is 2.68. The van der Waals surface area contributed by atoms with Gasteiger partial charge in [0, 0.05) is 5.39 Å². The van der Waals surface area contributed by atoms with Gasteiger partial charge >= 0.3 is 0 Å². The summed E-state index contributed by atoms with van der Waals surface area (Å²) < 4.78 is 30.6. The highest BCUT2D eigenvalue weighted by molar-refractivity contribution is 7.91. The normalized spacial score (nSPS) is 11.3. The first-order valence-electron chi connectivity index (χ1n) is 6.80. The molecule has 0 radical (unpaired) electrons. The van der Waals surface area contributed by atoms with Crippen LogP contribution in [0.1, 0.15) is 10.4 Å². The van der Waals surface area contributed by atoms with Gasteiger partial charge in [-0.2, -0.15) is 0 Å². The van der Waals surface area contributed by atoms with Crippen molar-refractivity contribution in [1.29, 1.82) is 0 Å². The predicted molar refractivity (Wildman–Crippen MR) is 85.6 cm³/mol. The van der Waals surface area contributed by atoms with E-state index in [1.807, 2.05) is 0 Å². The molecule has 0 spiro atoms. The Labute approximate surface area is 133 Å². The molecule has 0 aliphatic carbocycles. The fraction of sp³-hybridized carbons (Fsp3) is 0.0588. The Bertz CT molecular complexity index is 982. The van der Waals surface area contributed by atoms with E-state index in [4.69, 9.17) is 4.74 Å². The van der Waals surface area contributed by atoms with Gasteiger partial charge in [-0.15, -0.1) is 0 Å². The molecule has 0 atom stereocenters. The molecular weight excluding hydrogens is 314 g/mol. The maximum Gasteiger partial charge on any atom is 0.224 e. The summed E-state index contributed by atoms with van der Waals surface area (Å²) in [6.07, 6.45) is 0.502. The summed E-state index contributed by atoms with van der Waals surface area (Å²) in [5.74, 6) is 0.606. The molecule has 3 aromatic rings. The van der Waals surface area contributed by atoms with E-state index in [1.165, 1.54) is 25.3 Å². The Morgan fingerprint density at radius 2 is 1.78 bits per heavy atom. The van der Waals surface area contributed by atoms with Crippen LogP contribution in [-0.4, -0.2) is 26.8 Å². The van der Waals surface area contributed by atoms with Crippen LogP contribution in [0.5, 0.6) is 5.75 Å². The molecule has 2 aromatic carbocycles. The number of sulfone groups is 1. The minimum absolute atomic E-state index is 0.0228. The van der Waals surface area contributed by atoms with Crippen molar-refractivity contribution in [2.24, 2.45) is 0 Å². The number of hydrogen-bond acceptors (Lipinski definition) is 5. The molecular formula is C17H13NO4S. The number of ether oxygens (including phenoxy) is 1. The lowest BCUT2D eigenvalue weighted by Gasteiger charge is -2.09. The molecule has 0 N–H and O–H groups in total. The van der Waals surface area contributed by atoms with Gasteiger partial charge in [-0.1, -0.05) is 18.2 Å². The van der Waals surface area contributed by atoms with Crippen LogP contribution in [0.3, 0.4) is 0 Å². The van der Waals surface area contributed by atoms with Crippen molar-refractivity contribution in [3.05, 3.63) is 60.2 Å². The second kappa shape index (κ2) is 5.81. The molecule has 0 aliphatic heterocycles. The van der Waals surface area contributed by atoms with Gasteiger partial charge in [0.05, 0.1) is 23.1 Å². The van der Waals surface area contributed by atoms with Crippen molar-refractivity contribution >= 4 is 27.0 Å². The van der Waals surface area contributed by atoms with Crippen LogP contribution in [0.15, 0.2) is 64.5 Å². The minimum atomic E-state index is -3.86. The summed E-state index contributed by atoms with van der Waals surface area (Å²) in [6, 6.07) is 14.5. The van der Waals surface area contributed by atoms with E-state index in [9.17, 15) is 13.2 Å². The lowest BCUT2D eigenvalue weighted by atomic mass is 10.1. The molecule has 5 nitrogen and oxygen atoms in total. The number of methoxy groups -OCH3 is 1. The third-order valence-electron chi connectivity index (χ3n) is 3.45. The molecule has 23 heavy (non-hydrogen) atoms. The number of benzene rings is 2. The van der Waals surface area contributed by atoms with E-state index < -0.39 is 9.84 Å². The number of fused-ring (bicyclic) bond motifs is 1. The van der Waals surface area contributed by atoms with Crippen molar-refractivity contribution in [2.75, 3.05) is 7.11 Å². The smallest absolute Gasteiger partial charge is 0.224 e. The Balaban J connectivity index is 2.27. The average molecular weight is 327 g/mol. The topological polar surface area (TPSA) is 73.3 Å². The van der Waals surface area contributed by atoms with Crippen LogP contribution in [0.4, 0.5) is 0 Å². The van der Waals surface area contributed by atoms with Crippen molar-refractivity contribution in [1.82, 2.24) is 4.98 Å². The fourth-order valence-corrected chi connectivity index (χ4v) is 3.67. The van der Waals surface area contributed by atoms with Crippen LogP contribution in [0.25, 0.3) is 10.9 Å². The van der Waals surface area contributed by atoms with Gasteiger partial charge in [-0.25, -0.2) is 13.4 Å². The van der Waals surface area contributed by atoms with Crippen LogP contribution in [0.2, 0.25) is 0 Å². The minimum Gasteiger partial charge on any atom is -0.497 e. The molecule has 0 amide bonds. The van der Waals surface area contributed by atoms with Crippen LogP contribution in [0, 0.1) is 0 Å². The number of aromatic nitrogens is 1. The van der Waals surface area contributed by atoms with E-state index in [-0.39, 0.29) is 15.5 Å². The molecule has 0 bridgehead atoms. The number of hydrogen-bond donors (Lipinski definition) is 0. The Morgan fingerprint density at radius 3 is 2.43 bits per heavy atom. The highest BCUT2D eigenvalue weighted by Gasteiger charge is 2.23. The average Bonchev–Trinajstić information content (AvgIpc) is 2.60. The number of rotatable bonds is 4. The lowest BCUT2D eigenvalue weighted by Crippen LogP contribution is -2.08. The van der Waals surface area contributed by atoms with E-state index in [0.717, 1.165) is 0 Å². The van der Waals surface area contributed by atoms with Gasteiger partial charge in [-0.3, -0.25) is 4.79 Å². The molecule has 0 saturated carbocycles. The summed E-state index contributed by atoms with van der Waals surface area (Å²) in [5, 5.41) is 0.398. The number of pyridine rings is 1. The summed E-state index contributed by atoms with van der Waals surface area (Å²) in [6.45, 7) is 0. The monoisotopic (exact) mass is 327 g/mol. The van der Waals surface area contributed by atoms with E-state index >= 15 is 0 Å². The summed E-state index contributed by atoms with van der Waals surface area (Å²) >= 11 is 0. The zero-order valence-corrected chi connectivity index (χ0v) is 13.1. The molecule has 3 rings (SSSR count). The zero-order valence-electron chi connectivity index (χ0n) is 12.3. The van der Waals surface area contributed by atoms with E-state index in [0.29, 0.717) is 22.9 Å². The summed E-state index contributed by atoms with van der Waals surface area (Å²) in [5.41, 5.74) is 0.500. The highest BCUT2D eigenvalue weighted by atomic mass is 32.2.